The molecule has 19 heavy (non-hydrogen) atoms. The van der Waals surface area contributed by atoms with E-state index in [9.17, 15) is 0 Å². The molecule has 0 unspecified atom stereocenters. The van der Waals surface area contributed by atoms with Crippen molar-refractivity contribution < 1.29 is 9.47 Å². The fraction of sp³-hybridized carbons (Fsp3) is 0.500. The van der Waals surface area contributed by atoms with Crippen LogP contribution in [0.15, 0.2) is 24.3 Å². The molecule has 0 aliphatic carbocycles. The number of thiocarbonyl (C=S) groups is 1. The highest BCUT2D eigenvalue weighted by Crippen LogP contribution is 2.07. The van der Waals surface area contributed by atoms with Gasteiger partial charge in [-0.25, -0.2) is 0 Å². The van der Waals surface area contributed by atoms with Gasteiger partial charge < -0.3 is 15.2 Å². The van der Waals surface area contributed by atoms with Gasteiger partial charge in [0.05, 0.1) is 13.2 Å². The first-order chi connectivity index (χ1) is 9.17. The predicted octanol–water partition coefficient (Wildman–Crippen LogP) is 1.42. The SMILES string of the molecule is COCCN(CCOC)Cc1ccc(C(N)=S)cc1. The summed E-state index contributed by atoms with van der Waals surface area (Å²) in [5.74, 6) is 0. The molecule has 0 saturated carbocycles. The predicted molar refractivity (Wildman–Crippen MR) is 81.4 cm³/mol. The van der Waals surface area contributed by atoms with Crippen LogP contribution in [0.5, 0.6) is 0 Å². The van der Waals surface area contributed by atoms with E-state index >= 15 is 0 Å². The number of rotatable bonds is 9. The van der Waals surface area contributed by atoms with Gasteiger partial charge in [-0.05, 0) is 5.56 Å². The molecule has 0 spiro atoms. The molecule has 0 heterocycles. The van der Waals surface area contributed by atoms with Gasteiger partial charge >= 0.3 is 0 Å². The molecule has 0 radical (unpaired) electrons. The van der Waals surface area contributed by atoms with Gasteiger partial charge in [-0.3, -0.25) is 4.90 Å². The average molecular weight is 282 g/mol. The number of hydrogen-bond acceptors (Lipinski definition) is 4. The van der Waals surface area contributed by atoms with Crippen molar-refractivity contribution in [3.8, 4) is 0 Å². The number of nitrogens with zero attached hydrogens (tertiary/aromatic N) is 1. The van der Waals surface area contributed by atoms with Crippen LogP contribution in [0.4, 0.5) is 0 Å². The summed E-state index contributed by atoms with van der Waals surface area (Å²) in [6, 6.07) is 8.03. The number of benzene rings is 1. The van der Waals surface area contributed by atoms with Gasteiger partial charge in [0, 0.05) is 39.4 Å². The smallest absolute Gasteiger partial charge is 0.103 e. The first kappa shape index (κ1) is 16.0. The molecular formula is C14H22N2O2S. The Hall–Kier alpha value is -1.01. The second kappa shape index (κ2) is 8.98. The Labute approximate surface area is 120 Å². The number of hydrogen-bond donors (Lipinski definition) is 1. The molecule has 4 nitrogen and oxygen atoms in total. The van der Waals surface area contributed by atoms with Crippen molar-refractivity contribution in [1.29, 1.82) is 0 Å². The molecule has 0 bridgehead atoms. The number of methoxy groups -OCH3 is 2. The Bertz CT molecular complexity index is 374. The van der Waals surface area contributed by atoms with Crippen LogP contribution in [-0.2, 0) is 16.0 Å². The highest BCUT2D eigenvalue weighted by molar-refractivity contribution is 7.80. The lowest BCUT2D eigenvalue weighted by molar-refractivity contribution is 0.110. The quantitative estimate of drug-likeness (QED) is 0.694. The summed E-state index contributed by atoms with van der Waals surface area (Å²) in [4.78, 5) is 2.73. The van der Waals surface area contributed by atoms with Crippen molar-refractivity contribution in [2.24, 2.45) is 5.73 Å². The summed E-state index contributed by atoms with van der Waals surface area (Å²) < 4.78 is 10.2. The third-order valence-electron chi connectivity index (χ3n) is 2.87. The molecule has 2 N–H and O–H groups in total. The Morgan fingerprint density at radius 1 is 1.11 bits per heavy atom. The average Bonchev–Trinajstić information content (AvgIpc) is 2.42. The maximum atomic E-state index is 5.58. The summed E-state index contributed by atoms with van der Waals surface area (Å²) >= 11 is 4.94. The zero-order valence-corrected chi connectivity index (χ0v) is 12.4. The van der Waals surface area contributed by atoms with Crippen molar-refractivity contribution in [3.05, 3.63) is 35.4 Å². The maximum Gasteiger partial charge on any atom is 0.103 e. The van der Waals surface area contributed by atoms with E-state index < -0.39 is 0 Å². The summed E-state index contributed by atoms with van der Waals surface area (Å²) in [6.07, 6.45) is 0. The Morgan fingerprint density at radius 3 is 2.05 bits per heavy atom. The molecule has 1 rings (SSSR count). The molecule has 0 aliphatic heterocycles. The van der Waals surface area contributed by atoms with E-state index in [1.54, 1.807) is 14.2 Å². The summed E-state index contributed by atoms with van der Waals surface area (Å²) in [5, 5.41) is 0. The number of ether oxygens (including phenoxy) is 2. The van der Waals surface area contributed by atoms with Gasteiger partial charge in [0.1, 0.15) is 4.99 Å². The van der Waals surface area contributed by atoms with E-state index in [2.05, 4.69) is 17.0 Å². The van der Waals surface area contributed by atoms with E-state index in [1.165, 1.54) is 5.56 Å². The second-order valence-electron chi connectivity index (χ2n) is 4.32. The molecular weight excluding hydrogens is 260 g/mol. The molecule has 0 fully saturated rings. The van der Waals surface area contributed by atoms with Gasteiger partial charge in [0.15, 0.2) is 0 Å². The maximum absolute atomic E-state index is 5.58. The first-order valence-corrected chi connectivity index (χ1v) is 6.67. The van der Waals surface area contributed by atoms with Crippen molar-refractivity contribution >= 4 is 17.2 Å². The highest BCUT2D eigenvalue weighted by atomic mass is 32.1. The Morgan fingerprint density at radius 2 is 1.63 bits per heavy atom. The van der Waals surface area contributed by atoms with E-state index in [4.69, 9.17) is 27.4 Å². The zero-order chi connectivity index (χ0) is 14.1. The molecule has 106 valence electrons. The molecule has 0 aliphatic rings. The van der Waals surface area contributed by atoms with Crippen LogP contribution in [-0.4, -0.2) is 50.4 Å². The van der Waals surface area contributed by atoms with Crippen molar-refractivity contribution in [1.82, 2.24) is 4.90 Å². The van der Waals surface area contributed by atoms with Crippen LogP contribution in [0, 0.1) is 0 Å². The second-order valence-corrected chi connectivity index (χ2v) is 4.76. The summed E-state index contributed by atoms with van der Waals surface area (Å²) in [6.45, 7) is 4.07. The summed E-state index contributed by atoms with van der Waals surface area (Å²) in [7, 11) is 3.43. The normalized spacial score (nSPS) is 10.9. The lowest BCUT2D eigenvalue weighted by atomic mass is 10.1. The molecule has 0 aromatic heterocycles. The Balaban J connectivity index is 2.58. The van der Waals surface area contributed by atoms with Crippen LogP contribution in [0.2, 0.25) is 0 Å². The van der Waals surface area contributed by atoms with Gasteiger partial charge in [-0.15, -0.1) is 0 Å². The van der Waals surface area contributed by atoms with Gasteiger partial charge in [-0.2, -0.15) is 0 Å². The minimum absolute atomic E-state index is 0.433. The number of nitrogens with two attached hydrogens (primary N) is 1. The monoisotopic (exact) mass is 282 g/mol. The molecule has 0 atom stereocenters. The highest BCUT2D eigenvalue weighted by Gasteiger charge is 2.06. The largest absolute Gasteiger partial charge is 0.389 e. The standard InChI is InChI=1S/C14H22N2O2S/c1-17-9-7-16(8-10-18-2)11-12-3-5-13(6-4-12)14(15)19/h3-6H,7-11H2,1-2H3,(H2,15,19). The lowest BCUT2D eigenvalue weighted by Crippen LogP contribution is -2.30. The van der Waals surface area contributed by atoms with Crippen LogP contribution < -0.4 is 5.73 Å². The van der Waals surface area contributed by atoms with E-state index in [0.717, 1.165) is 25.2 Å². The third kappa shape index (κ3) is 6.11. The fourth-order valence-electron chi connectivity index (χ4n) is 1.74. The van der Waals surface area contributed by atoms with E-state index in [1.807, 2.05) is 12.1 Å². The molecule has 1 aromatic rings. The van der Waals surface area contributed by atoms with E-state index in [0.29, 0.717) is 18.2 Å². The van der Waals surface area contributed by atoms with Crippen LogP contribution >= 0.6 is 12.2 Å². The topological polar surface area (TPSA) is 47.7 Å². The van der Waals surface area contributed by atoms with Gasteiger partial charge in [0.25, 0.3) is 0 Å². The minimum atomic E-state index is 0.433. The molecule has 0 saturated heterocycles. The van der Waals surface area contributed by atoms with E-state index in [-0.39, 0.29) is 0 Å². The molecule has 5 heteroatoms. The van der Waals surface area contributed by atoms with Crippen LogP contribution in [0.1, 0.15) is 11.1 Å². The van der Waals surface area contributed by atoms with Gasteiger partial charge in [0.2, 0.25) is 0 Å². The van der Waals surface area contributed by atoms with Crippen molar-refractivity contribution in [2.75, 3.05) is 40.5 Å². The van der Waals surface area contributed by atoms with Crippen LogP contribution in [0.3, 0.4) is 0 Å². The Kier molecular flexibility index (Phi) is 7.59. The fourth-order valence-corrected chi connectivity index (χ4v) is 1.88. The lowest BCUT2D eigenvalue weighted by Gasteiger charge is -2.21. The first-order valence-electron chi connectivity index (χ1n) is 6.26. The van der Waals surface area contributed by atoms with Crippen molar-refractivity contribution in [2.45, 2.75) is 6.54 Å². The molecule has 0 amide bonds. The zero-order valence-electron chi connectivity index (χ0n) is 11.6. The third-order valence-corrected chi connectivity index (χ3v) is 3.10. The van der Waals surface area contributed by atoms with Gasteiger partial charge in [-0.1, -0.05) is 36.5 Å². The van der Waals surface area contributed by atoms with Crippen LogP contribution in [0.25, 0.3) is 0 Å². The summed E-state index contributed by atoms with van der Waals surface area (Å²) in [5.41, 5.74) is 7.72. The van der Waals surface area contributed by atoms with Crippen molar-refractivity contribution in [3.63, 3.8) is 0 Å². The molecule has 1 aromatic carbocycles. The minimum Gasteiger partial charge on any atom is -0.389 e.